The molecule has 1 heterocycles. The zero-order chi connectivity index (χ0) is 25.3. The number of barbiturate groups is 1. The molecule has 0 unspecified atom stereocenters. The number of rotatable bonds is 5. The Labute approximate surface area is 206 Å². The lowest BCUT2D eigenvalue weighted by Gasteiger charge is -2.26. The van der Waals surface area contributed by atoms with E-state index < -0.39 is 28.0 Å². The van der Waals surface area contributed by atoms with Crippen LogP contribution < -0.4 is 14.4 Å². The number of benzene rings is 3. The summed E-state index contributed by atoms with van der Waals surface area (Å²) in [5.74, 6) is -1.78. The molecule has 1 aliphatic heterocycles. The van der Waals surface area contributed by atoms with Crippen molar-refractivity contribution in [3.63, 3.8) is 0 Å². The highest BCUT2D eigenvalue weighted by Crippen LogP contribution is 2.30. The summed E-state index contributed by atoms with van der Waals surface area (Å²) >= 11 is 6.24. The number of amides is 4. The van der Waals surface area contributed by atoms with E-state index in [1.807, 2.05) is 19.9 Å². The highest BCUT2D eigenvalue weighted by Gasteiger charge is 2.36. The number of halogens is 1. The Morgan fingerprint density at radius 3 is 2.29 bits per heavy atom. The summed E-state index contributed by atoms with van der Waals surface area (Å²) in [6.07, 6.45) is 1.26. The molecule has 3 aromatic rings. The van der Waals surface area contributed by atoms with E-state index in [0.29, 0.717) is 11.3 Å². The molecule has 0 atom stereocenters. The second kappa shape index (κ2) is 9.36. The van der Waals surface area contributed by atoms with Crippen LogP contribution in [-0.4, -0.2) is 26.3 Å². The second-order valence-corrected chi connectivity index (χ2v) is 9.79. The van der Waals surface area contributed by atoms with E-state index in [2.05, 4.69) is 5.32 Å². The molecule has 3 aromatic carbocycles. The summed E-state index contributed by atoms with van der Waals surface area (Å²) in [6, 6.07) is 16.1. The van der Waals surface area contributed by atoms with E-state index in [4.69, 9.17) is 15.8 Å². The fraction of sp³-hybridized carbons (Fsp3) is 0.0800. The highest BCUT2D eigenvalue weighted by molar-refractivity contribution is 7.87. The van der Waals surface area contributed by atoms with Gasteiger partial charge < -0.3 is 4.18 Å². The molecule has 1 N–H and O–H groups in total. The number of anilines is 1. The molecular weight excluding hydrogens is 492 g/mol. The van der Waals surface area contributed by atoms with Crippen LogP contribution >= 0.6 is 11.6 Å². The summed E-state index contributed by atoms with van der Waals surface area (Å²) in [6.45, 7) is 3.64. The van der Waals surface area contributed by atoms with Gasteiger partial charge in [0, 0.05) is 0 Å². The first-order valence-electron chi connectivity index (χ1n) is 10.3. The first kappa shape index (κ1) is 24.2. The average molecular weight is 511 g/mol. The third kappa shape index (κ3) is 5.11. The number of aryl methyl sites for hydroxylation is 2. The van der Waals surface area contributed by atoms with Gasteiger partial charge in [-0.2, -0.15) is 8.42 Å². The minimum atomic E-state index is -4.12. The van der Waals surface area contributed by atoms with E-state index in [0.717, 1.165) is 16.0 Å². The quantitative estimate of drug-likeness (QED) is 0.309. The maximum atomic E-state index is 13.0. The molecule has 1 aliphatic rings. The Morgan fingerprint density at radius 1 is 0.914 bits per heavy atom. The standard InChI is InChI=1S/C25H19ClN2O6S/c1-15-6-9-19(10-7-15)35(32,33)34-22-11-8-17(14-21(22)26)13-20-23(29)27-25(31)28(24(20)30)18-5-3-4-16(2)12-18/h3-14H,1-2H3,(H,27,29,31)/b20-13+. The number of carbonyl (C=O) groups excluding carboxylic acids is 3. The van der Waals surface area contributed by atoms with Crippen molar-refractivity contribution in [3.8, 4) is 5.75 Å². The van der Waals surface area contributed by atoms with Gasteiger partial charge in [0.15, 0.2) is 5.75 Å². The molecule has 0 saturated carbocycles. The number of imide groups is 2. The Bertz CT molecular complexity index is 1500. The normalized spacial score (nSPS) is 15.3. The van der Waals surface area contributed by atoms with Crippen LogP contribution in [0.25, 0.3) is 6.08 Å². The molecule has 0 spiro atoms. The molecule has 8 nitrogen and oxygen atoms in total. The minimum Gasteiger partial charge on any atom is -0.377 e. The van der Waals surface area contributed by atoms with Crippen LogP contribution in [-0.2, 0) is 19.7 Å². The zero-order valence-corrected chi connectivity index (χ0v) is 20.2. The molecule has 4 amide bonds. The van der Waals surface area contributed by atoms with Crippen LogP contribution in [0.5, 0.6) is 5.75 Å². The van der Waals surface area contributed by atoms with Gasteiger partial charge in [-0.3, -0.25) is 14.9 Å². The zero-order valence-electron chi connectivity index (χ0n) is 18.6. The Kier molecular flexibility index (Phi) is 6.47. The van der Waals surface area contributed by atoms with Gasteiger partial charge in [-0.15, -0.1) is 0 Å². The van der Waals surface area contributed by atoms with E-state index >= 15 is 0 Å². The molecule has 35 heavy (non-hydrogen) atoms. The largest absolute Gasteiger partial charge is 0.377 e. The molecule has 1 saturated heterocycles. The first-order chi connectivity index (χ1) is 16.5. The SMILES string of the molecule is Cc1ccc(S(=O)(=O)Oc2ccc(/C=C3\C(=O)NC(=O)N(c4cccc(C)c4)C3=O)cc2Cl)cc1. The van der Waals surface area contributed by atoms with E-state index in [1.54, 1.807) is 30.3 Å². The van der Waals surface area contributed by atoms with Crippen molar-refractivity contribution in [2.75, 3.05) is 4.90 Å². The molecule has 0 aromatic heterocycles. The highest BCUT2D eigenvalue weighted by atomic mass is 35.5. The lowest BCUT2D eigenvalue weighted by atomic mass is 10.1. The van der Waals surface area contributed by atoms with E-state index in [9.17, 15) is 22.8 Å². The van der Waals surface area contributed by atoms with Crippen molar-refractivity contribution in [2.24, 2.45) is 0 Å². The Hall–Kier alpha value is -3.95. The molecule has 0 aliphatic carbocycles. The smallest absolute Gasteiger partial charge is 0.339 e. The molecule has 0 bridgehead atoms. The summed E-state index contributed by atoms with van der Waals surface area (Å²) in [5, 5.41) is 2.10. The van der Waals surface area contributed by atoms with Crippen LogP contribution in [0.1, 0.15) is 16.7 Å². The number of hydrogen-bond donors (Lipinski definition) is 1. The molecule has 0 radical (unpaired) electrons. The monoisotopic (exact) mass is 510 g/mol. The maximum Gasteiger partial charge on any atom is 0.339 e. The maximum absolute atomic E-state index is 13.0. The molecule has 4 rings (SSSR count). The van der Waals surface area contributed by atoms with Crippen molar-refractivity contribution >= 4 is 51.3 Å². The number of urea groups is 1. The summed E-state index contributed by atoms with van der Waals surface area (Å²) in [7, 11) is -4.12. The second-order valence-electron chi connectivity index (χ2n) is 7.84. The van der Waals surface area contributed by atoms with Gasteiger partial charge in [-0.25, -0.2) is 9.69 Å². The Balaban J connectivity index is 1.62. The van der Waals surface area contributed by atoms with Crippen molar-refractivity contribution in [3.05, 3.63) is 94.0 Å². The van der Waals surface area contributed by atoms with Gasteiger partial charge in [0.05, 0.1) is 10.7 Å². The van der Waals surface area contributed by atoms with E-state index in [-0.39, 0.29) is 21.2 Å². The van der Waals surface area contributed by atoms with E-state index in [1.165, 1.54) is 36.4 Å². The van der Waals surface area contributed by atoms with Crippen LogP contribution in [0.3, 0.4) is 0 Å². The average Bonchev–Trinajstić information content (AvgIpc) is 2.78. The molecule has 1 fully saturated rings. The lowest BCUT2D eigenvalue weighted by Crippen LogP contribution is -2.54. The lowest BCUT2D eigenvalue weighted by molar-refractivity contribution is -0.122. The number of nitrogens with one attached hydrogen (secondary N) is 1. The topological polar surface area (TPSA) is 110 Å². The van der Waals surface area contributed by atoms with Crippen LogP contribution in [0.2, 0.25) is 5.02 Å². The first-order valence-corrected chi connectivity index (χ1v) is 12.1. The number of hydrogen-bond acceptors (Lipinski definition) is 6. The van der Waals surface area contributed by atoms with Gasteiger partial charge in [-0.1, -0.05) is 47.5 Å². The fourth-order valence-corrected chi connectivity index (χ4v) is 4.59. The third-order valence-electron chi connectivity index (χ3n) is 5.14. The predicted octanol–water partition coefficient (Wildman–Crippen LogP) is 4.39. The minimum absolute atomic E-state index is 0.0317. The number of carbonyl (C=O) groups is 3. The van der Waals surface area contributed by atoms with Crippen molar-refractivity contribution < 1.29 is 27.0 Å². The number of nitrogens with zero attached hydrogens (tertiary/aromatic N) is 1. The van der Waals surface area contributed by atoms with Crippen molar-refractivity contribution in [1.29, 1.82) is 0 Å². The summed E-state index contributed by atoms with van der Waals surface area (Å²) in [4.78, 5) is 38.6. The molecule has 178 valence electrons. The van der Waals surface area contributed by atoms with Gasteiger partial charge in [0.1, 0.15) is 10.5 Å². The third-order valence-corrected chi connectivity index (χ3v) is 6.68. The van der Waals surface area contributed by atoms with Crippen molar-refractivity contribution in [1.82, 2.24) is 5.32 Å². The summed E-state index contributed by atoms with van der Waals surface area (Å²) in [5.41, 5.74) is 2.07. The predicted molar refractivity (Wildman–Crippen MR) is 131 cm³/mol. The van der Waals surface area contributed by atoms with Crippen LogP contribution in [0.4, 0.5) is 10.5 Å². The molecule has 10 heteroatoms. The molecular formula is C25H19ClN2O6S. The van der Waals surface area contributed by atoms with Gasteiger partial charge in [-0.05, 0) is 67.4 Å². The fourth-order valence-electron chi connectivity index (χ4n) is 3.37. The van der Waals surface area contributed by atoms with Gasteiger partial charge in [0.25, 0.3) is 11.8 Å². The van der Waals surface area contributed by atoms with Crippen LogP contribution in [0, 0.1) is 13.8 Å². The summed E-state index contributed by atoms with van der Waals surface area (Å²) < 4.78 is 30.3. The van der Waals surface area contributed by atoms with Gasteiger partial charge >= 0.3 is 16.1 Å². The van der Waals surface area contributed by atoms with Crippen LogP contribution in [0.15, 0.2) is 77.2 Å². The Morgan fingerprint density at radius 2 is 1.63 bits per heavy atom. The van der Waals surface area contributed by atoms with Crippen molar-refractivity contribution in [2.45, 2.75) is 18.7 Å². The van der Waals surface area contributed by atoms with Gasteiger partial charge in [0.2, 0.25) is 0 Å².